The van der Waals surface area contributed by atoms with E-state index >= 15 is 0 Å². The highest BCUT2D eigenvalue weighted by Crippen LogP contribution is 1.83. The Morgan fingerprint density at radius 1 is 0.727 bits per heavy atom. The van der Waals surface area contributed by atoms with Crippen LogP contribution in [0.2, 0.25) is 0 Å². The van der Waals surface area contributed by atoms with E-state index in [1.807, 2.05) is 103 Å². The predicted octanol–water partition coefficient (Wildman–Crippen LogP) is 11.7. The maximum absolute atomic E-state index is 8.06. The highest BCUT2D eigenvalue weighted by atomic mass is 32.2. The Labute approximate surface area is 223 Å². The van der Waals surface area contributed by atoms with Crippen LogP contribution in [-0.4, -0.2) is 35.7 Å². The van der Waals surface area contributed by atoms with E-state index in [-0.39, 0.29) is 6.10 Å². The van der Waals surface area contributed by atoms with Crippen molar-refractivity contribution in [3.63, 3.8) is 0 Å². The summed E-state index contributed by atoms with van der Waals surface area (Å²) in [4.78, 5) is 0. The summed E-state index contributed by atoms with van der Waals surface area (Å²) >= 11 is 3.61. The van der Waals surface area contributed by atoms with Gasteiger partial charge in [0.2, 0.25) is 0 Å². The van der Waals surface area contributed by atoms with Gasteiger partial charge in [-0.15, -0.1) is 0 Å². The molecule has 0 bridgehead atoms. The Kier molecular flexibility index (Phi) is 217. The first-order valence-electron chi connectivity index (χ1n) is 12.6. The second-order valence-corrected chi connectivity index (χ2v) is 6.98. The molecule has 1 nitrogen and oxygen atoms in total. The van der Waals surface area contributed by atoms with Gasteiger partial charge in [0.15, 0.2) is 0 Å². The zero-order valence-electron chi connectivity index (χ0n) is 26.0. The molecule has 0 amide bonds. The molecule has 0 heterocycles. The minimum atomic E-state index is -0.167. The van der Waals surface area contributed by atoms with Crippen LogP contribution >= 0.6 is 23.5 Å². The zero-order chi connectivity index (χ0) is 28.8. The van der Waals surface area contributed by atoms with Gasteiger partial charge in [0.05, 0.1) is 0 Å². The molecule has 0 aliphatic rings. The van der Waals surface area contributed by atoms with Gasteiger partial charge in [-0.3, -0.25) is 0 Å². The lowest BCUT2D eigenvalue weighted by Gasteiger charge is -1.80. The second-order valence-electron chi connectivity index (χ2n) is 5.00. The molecular formula is C30H68OS2. The van der Waals surface area contributed by atoms with Gasteiger partial charge in [0.1, 0.15) is 0 Å². The van der Waals surface area contributed by atoms with E-state index in [0.29, 0.717) is 0 Å². The van der Waals surface area contributed by atoms with Crippen LogP contribution in [0.15, 0.2) is 61.8 Å². The molecular weight excluding hydrogens is 440 g/mol. The van der Waals surface area contributed by atoms with Gasteiger partial charge < -0.3 is 5.11 Å². The molecule has 1 N–H and O–H groups in total. The summed E-state index contributed by atoms with van der Waals surface area (Å²) in [5.41, 5.74) is 0. The van der Waals surface area contributed by atoms with Gasteiger partial charge in [-0.2, -0.15) is 23.5 Å². The Hall–Kier alpha value is -0.640. The molecule has 0 aromatic heterocycles. The fourth-order valence-corrected chi connectivity index (χ4v) is 0.486. The Balaban J connectivity index is -0.0000000292. The molecule has 206 valence electrons. The molecule has 0 saturated heterocycles. The van der Waals surface area contributed by atoms with Crippen LogP contribution < -0.4 is 0 Å². The normalized spacial score (nSPS) is 7.70. The molecule has 0 radical (unpaired) electrons. The SMILES string of the molecule is C=C/C=C\C=C/C.C=C/C=C\CC.CC.CC.CC.CC(C)O.CCC.CCSC.CSC. The van der Waals surface area contributed by atoms with E-state index in [1.165, 1.54) is 12.2 Å². The number of allylic oxidation sites excluding steroid dienone is 8. The lowest BCUT2D eigenvalue weighted by molar-refractivity contribution is 0.216. The number of rotatable bonds is 5. The molecule has 0 aliphatic carbocycles. The average molecular weight is 509 g/mol. The van der Waals surface area contributed by atoms with Crippen molar-refractivity contribution in [1.29, 1.82) is 0 Å². The first-order chi connectivity index (χ1) is 15.8. The van der Waals surface area contributed by atoms with Gasteiger partial charge in [-0.1, -0.05) is 137 Å². The van der Waals surface area contributed by atoms with E-state index < -0.39 is 0 Å². The Bertz CT molecular complexity index is 274. The quantitative estimate of drug-likeness (QED) is 0.373. The molecule has 0 fully saturated rings. The second kappa shape index (κ2) is 123. The van der Waals surface area contributed by atoms with E-state index in [0.717, 1.165) is 6.42 Å². The van der Waals surface area contributed by atoms with E-state index in [2.05, 4.69) is 53.2 Å². The molecule has 33 heavy (non-hydrogen) atoms. The number of hydrogen-bond acceptors (Lipinski definition) is 3. The zero-order valence-corrected chi connectivity index (χ0v) is 27.6. The molecule has 0 aliphatic heterocycles. The van der Waals surface area contributed by atoms with Crippen LogP contribution in [0.4, 0.5) is 0 Å². The van der Waals surface area contributed by atoms with Crippen molar-refractivity contribution in [2.45, 2.75) is 109 Å². The van der Waals surface area contributed by atoms with Gasteiger partial charge in [-0.25, -0.2) is 0 Å². The number of aliphatic hydroxyl groups is 1. The summed E-state index contributed by atoms with van der Waals surface area (Å²) in [7, 11) is 0. The molecule has 3 heteroatoms. The average Bonchev–Trinajstić information content (AvgIpc) is 2.83. The highest BCUT2D eigenvalue weighted by Gasteiger charge is 1.69. The van der Waals surface area contributed by atoms with Gasteiger partial charge in [0.25, 0.3) is 0 Å². The summed E-state index contributed by atoms with van der Waals surface area (Å²) in [6.45, 7) is 32.9. The lowest BCUT2D eigenvalue weighted by Crippen LogP contribution is -1.85. The Morgan fingerprint density at radius 3 is 1.12 bits per heavy atom. The standard InChI is InChI=1S/C7H10.C6H10.C3H8O.C3H8S.C3H8.C2H6S.3C2H6/c1-3-5-7-6-4-2;1-3-5-6-4-2;1-3(2)4;1-3-4-2;2*1-3-2;3*1-2/h3-7H,1H2,2H3;3,5-6H,1,4H2,2H3;3-4H,1-2H3;3H2,1-2H3;3H2,1-2H3;1-2H3;3*1-2H3/b6-4-,7-5-;6-5-;;;;;;;. The molecule has 0 aromatic rings. The molecule has 0 spiro atoms. The minimum absolute atomic E-state index is 0.167. The predicted molar refractivity (Wildman–Crippen MR) is 175 cm³/mol. The van der Waals surface area contributed by atoms with Crippen LogP contribution in [0.25, 0.3) is 0 Å². The van der Waals surface area contributed by atoms with Crippen LogP contribution in [0.1, 0.15) is 103 Å². The third-order valence-corrected chi connectivity index (χ3v) is 1.92. The van der Waals surface area contributed by atoms with Crippen molar-refractivity contribution in [3.05, 3.63) is 61.8 Å². The van der Waals surface area contributed by atoms with E-state index in [4.69, 9.17) is 5.11 Å². The third kappa shape index (κ3) is 499. The maximum Gasteiger partial charge on any atom is 0.0483 e. The first kappa shape index (κ1) is 58.3. The molecule has 0 rings (SSSR count). The van der Waals surface area contributed by atoms with Crippen molar-refractivity contribution < 1.29 is 5.11 Å². The van der Waals surface area contributed by atoms with E-state index in [1.54, 1.807) is 37.8 Å². The monoisotopic (exact) mass is 508 g/mol. The van der Waals surface area contributed by atoms with E-state index in [9.17, 15) is 0 Å². The molecule has 0 saturated carbocycles. The van der Waals surface area contributed by atoms with Crippen molar-refractivity contribution in [2.24, 2.45) is 0 Å². The maximum atomic E-state index is 8.06. The fraction of sp³-hybridized carbons (Fsp3) is 0.667. The van der Waals surface area contributed by atoms with Gasteiger partial charge in [-0.05, 0) is 51.7 Å². The van der Waals surface area contributed by atoms with Crippen molar-refractivity contribution in [2.75, 3.05) is 24.5 Å². The number of thioether (sulfide) groups is 2. The largest absolute Gasteiger partial charge is 0.394 e. The van der Waals surface area contributed by atoms with Crippen LogP contribution in [0.3, 0.4) is 0 Å². The van der Waals surface area contributed by atoms with Crippen molar-refractivity contribution in [3.8, 4) is 0 Å². The van der Waals surface area contributed by atoms with Gasteiger partial charge >= 0.3 is 0 Å². The first-order valence-corrected chi connectivity index (χ1v) is 15.6. The molecule has 0 aromatic carbocycles. The van der Waals surface area contributed by atoms with Crippen molar-refractivity contribution in [1.82, 2.24) is 0 Å². The summed E-state index contributed by atoms with van der Waals surface area (Å²) < 4.78 is 0. The highest BCUT2D eigenvalue weighted by molar-refractivity contribution is 7.98. The van der Waals surface area contributed by atoms with Crippen LogP contribution in [0, 0.1) is 0 Å². The molecule has 0 unspecified atom stereocenters. The van der Waals surface area contributed by atoms with Crippen LogP contribution in [0.5, 0.6) is 0 Å². The summed E-state index contributed by atoms with van der Waals surface area (Å²) in [6, 6.07) is 0. The topological polar surface area (TPSA) is 20.2 Å². The summed E-state index contributed by atoms with van der Waals surface area (Å²) in [6.07, 6.45) is 23.7. The number of hydrogen-bond donors (Lipinski definition) is 1. The summed E-state index contributed by atoms with van der Waals surface area (Å²) in [5, 5.41) is 8.06. The van der Waals surface area contributed by atoms with Gasteiger partial charge in [0, 0.05) is 6.10 Å². The van der Waals surface area contributed by atoms with Crippen LogP contribution in [-0.2, 0) is 0 Å². The summed E-state index contributed by atoms with van der Waals surface area (Å²) in [5.74, 6) is 1.24. The smallest absolute Gasteiger partial charge is 0.0483 e. The lowest BCUT2D eigenvalue weighted by atomic mass is 10.4. The minimum Gasteiger partial charge on any atom is -0.394 e. The fourth-order valence-electron chi connectivity index (χ4n) is 0.486. The molecule has 0 atom stereocenters. The third-order valence-electron chi connectivity index (χ3n) is 1.35. The van der Waals surface area contributed by atoms with Crippen molar-refractivity contribution >= 4 is 23.5 Å². The number of aliphatic hydroxyl groups excluding tert-OH is 1. The Morgan fingerprint density at radius 2 is 1.00 bits per heavy atom.